The molecule has 1 aliphatic heterocycles. The summed E-state index contributed by atoms with van der Waals surface area (Å²) in [5.41, 5.74) is 1.10. The Balaban J connectivity index is 1.85. The molecule has 0 spiro atoms. The zero-order valence-corrected chi connectivity index (χ0v) is 10.2. The van der Waals surface area contributed by atoms with Crippen molar-refractivity contribution in [1.29, 1.82) is 0 Å². The lowest BCUT2D eigenvalue weighted by atomic mass is 9.99. The molecule has 92 valence electrons. The maximum absolute atomic E-state index is 4.49. The second kappa shape index (κ2) is 4.70. The Morgan fingerprint density at radius 1 is 1.22 bits per heavy atom. The third-order valence-electron chi connectivity index (χ3n) is 2.98. The van der Waals surface area contributed by atoms with E-state index in [0.717, 1.165) is 36.2 Å². The fourth-order valence-corrected chi connectivity index (χ4v) is 1.93. The number of aromatic nitrogens is 3. The molecule has 3 heterocycles. The summed E-state index contributed by atoms with van der Waals surface area (Å²) in [4.78, 5) is 13.1. The smallest absolute Gasteiger partial charge is 0.135 e. The van der Waals surface area contributed by atoms with Crippen molar-refractivity contribution in [2.24, 2.45) is 0 Å². The van der Waals surface area contributed by atoms with Crippen LogP contribution in [0.4, 0.5) is 11.6 Å². The van der Waals surface area contributed by atoms with E-state index < -0.39 is 0 Å². The molecule has 1 fully saturated rings. The van der Waals surface area contributed by atoms with Crippen LogP contribution in [-0.2, 0) is 0 Å². The average molecular weight is 241 g/mol. The highest BCUT2D eigenvalue weighted by Gasteiger charge is 2.21. The van der Waals surface area contributed by atoms with Gasteiger partial charge in [-0.05, 0) is 19.1 Å². The zero-order chi connectivity index (χ0) is 12.4. The molecule has 1 aliphatic rings. The summed E-state index contributed by atoms with van der Waals surface area (Å²) in [5.74, 6) is 2.91. The molecule has 2 N–H and O–H groups in total. The highest BCUT2D eigenvalue weighted by Crippen LogP contribution is 2.21. The summed E-state index contributed by atoms with van der Waals surface area (Å²) in [5, 5.41) is 6.46. The molecule has 0 radical (unpaired) electrons. The first-order valence-corrected chi connectivity index (χ1v) is 6.05. The number of nitrogens with zero attached hydrogens (tertiary/aromatic N) is 3. The van der Waals surface area contributed by atoms with E-state index in [2.05, 4.69) is 25.6 Å². The lowest BCUT2D eigenvalue weighted by Gasteiger charge is -2.26. The zero-order valence-electron chi connectivity index (χ0n) is 10.2. The van der Waals surface area contributed by atoms with Crippen molar-refractivity contribution in [2.45, 2.75) is 12.8 Å². The van der Waals surface area contributed by atoms with Crippen LogP contribution in [0.25, 0.3) is 0 Å². The Kier molecular flexibility index (Phi) is 2.90. The van der Waals surface area contributed by atoms with Crippen LogP contribution in [0.2, 0.25) is 0 Å². The monoisotopic (exact) mass is 241 g/mol. The highest BCUT2D eigenvalue weighted by molar-refractivity contribution is 5.51. The van der Waals surface area contributed by atoms with Crippen molar-refractivity contribution < 1.29 is 0 Å². The Morgan fingerprint density at radius 3 is 2.78 bits per heavy atom. The van der Waals surface area contributed by atoms with Crippen molar-refractivity contribution >= 4 is 11.6 Å². The van der Waals surface area contributed by atoms with Crippen molar-refractivity contribution in [3.63, 3.8) is 0 Å². The molecule has 18 heavy (non-hydrogen) atoms. The lowest BCUT2D eigenvalue weighted by molar-refractivity contribution is 0.438. The van der Waals surface area contributed by atoms with E-state index in [1.807, 2.05) is 31.2 Å². The van der Waals surface area contributed by atoms with Crippen molar-refractivity contribution in [3.05, 3.63) is 42.0 Å². The molecule has 0 unspecified atom stereocenters. The maximum Gasteiger partial charge on any atom is 0.135 e. The molecule has 0 aliphatic carbocycles. The predicted molar refractivity (Wildman–Crippen MR) is 69.9 cm³/mol. The van der Waals surface area contributed by atoms with Crippen LogP contribution in [0.3, 0.4) is 0 Å². The van der Waals surface area contributed by atoms with E-state index >= 15 is 0 Å². The minimum absolute atomic E-state index is 0.510. The van der Waals surface area contributed by atoms with Gasteiger partial charge < -0.3 is 10.6 Å². The molecule has 2 aromatic heterocycles. The molecule has 3 rings (SSSR count). The minimum atomic E-state index is 0.510. The molecule has 2 aromatic rings. The quantitative estimate of drug-likeness (QED) is 0.854. The normalized spacial score (nSPS) is 15.2. The molecule has 1 saturated heterocycles. The summed E-state index contributed by atoms with van der Waals surface area (Å²) in [6, 6.07) is 7.76. The summed E-state index contributed by atoms with van der Waals surface area (Å²) in [6.45, 7) is 3.91. The number of rotatable bonds is 3. The molecule has 0 atom stereocenters. The van der Waals surface area contributed by atoms with E-state index in [4.69, 9.17) is 0 Å². The molecule has 5 heteroatoms. The van der Waals surface area contributed by atoms with Crippen LogP contribution >= 0.6 is 0 Å². The van der Waals surface area contributed by atoms with Crippen LogP contribution in [0, 0.1) is 6.92 Å². The van der Waals surface area contributed by atoms with Gasteiger partial charge in [-0.25, -0.2) is 15.0 Å². The van der Waals surface area contributed by atoms with E-state index in [0.29, 0.717) is 5.92 Å². The summed E-state index contributed by atoms with van der Waals surface area (Å²) >= 11 is 0. The Bertz CT molecular complexity index is 536. The molecule has 5 nitrogen and oxygen atoms in total. The number of anilines is 2. The second-order valence-corrected chi connectivity index (χ2v) is 4.42. The Morgan fingerprint density at radius 2 is 2.11 bits per heavy atom. The largest absolute Gasteiger partial charge is 0.325 e. The number of hydrogen-bond donors (Lipinski definition) is 2. The van der Waals surface area contributed by atoms with Gasteiger partial charge in [0.1, 0.15) is 17.5 Å². The molecule has 0 saturated carbocycles. The van der Waals surface area contributed by atoms with E-state index in [1.54, 1.807) is 6.20 Å². The van der Waals surface area contributed by atoms with Gasteiger partial charge in [0.25, 0.3) is 0 Å². The van der Waals surface area contributed by atoms with Gasteiger partial charge in [0.2, 0.25) is 0 Å². The molecule has 0 bridgehead atoms. The topological polar surface area (TPSA) is 62.7 Å². The van der Waals surface area contributed by atoms with Crippen LogP contribution < -0.4 is 10.6 Å². The van der Waals surface area contributed by atoms with Crippen molar-refractivity contribution in [1.82, 2.24) is 20.3 Å². The first kappa shape index (κ1) is 11.1. The number of nitrogens with one attached hydrogen (secondary N) is 2. The van der Waals surface area contributed by atoms with Gasteiger partial charge in [0.15, 0.2) is 0 Å². The predicted octanol–water partition coefficient (Wildman–Crippen LogP) is 1.61. The van der Waals surface area contributed by atoms with Gasteiger partial charge in [-0.1, -0.05) is 6.07 Å². The highest BCUT2D eigenvalue weighted by atomic mass is 15.1. The summed E-state index contributed by atoms with van der Waals surface area (Å²) in [7, 11) is 0. The summed E-state index contributed by atoms with van der Waals surface area (Å²) in [6.07, 6.45) is 1.76. The van der Waals surface area contributed by atoms with Crippen LogP contribution in [0.15, 0.2) is 30.5 Å². The third kappa shape index (κ3) is 2.31. The maximum atomic E-state index is 4.49. The SMILES string of the molecule is Cc1nc(Nc2ccccn2)cc(C2CNC2)n1. The van der Waals surface area contributed by atoms with Crippen molar-refractivity contribution in [2.75, 3.05) is 18.4 Å². The van der Waals surface area contributed by atoms with Gasteiger partial charge in [0, 0.05) is 31.3 Å². The average Bonchev–Trinajstić information content (AvgIpc) is 2.27. The first-order chi connectivity index (χ1) is 8.81. The minimum Gasteiger partial charge on any atom is -0.325 e. The van der Waals surface area contributed by atoms with Gasteiger partial charge in [-0.15, -0.1) is 0 Å². The molecule has 0 amide bonds. The fourth-order valence-electron chi connectivity index (χ4n) is 1.93. The fraction of sp³-hybridized carbons (Fsp3) is 0.308. The molecular weight excluding hydrogens is 226 g/mol. The van der Waals surface area contributed by atoms with Crippen LogP contribution in [-0.4, -0.2) is 28.0 Å². The standard InChI is InChI=1S/C13H15N5/c1-9-16-11(10-7-14-8-10)6-13(17-9)18-12-4-2-3-5-15-12/h2-6,10,14H,7-8H2,1H3,(H,15,16,17,18). The van der Waals surface area contributed by atoms with Gasteiger partial charge in [-0.3, -0.25) is 0 Å². The molecule has 0 aromatic carbocycles. The Labute approximate surface area is 106 Å². The summed E-state index contributed by atoms with van der Waals surface area (Å²) < 4.78 is 0. The van der Waals surface area contributed by atoms with Crippen molar-refractivity contribution in [3.8, 4) is 0 Å². The van der Waals surface area contributed by atoms with E-state index in [1.165, 1.54) is 0 Å². The number of aryl methyl sites for hydroxylation is 1. The second-order valence-electron chi connectivity index (χ2n) is 4.42. The van der Waals surface area contributed by atoms with E-state index in [-0.39, 0.29) is 0 Å². The van der Waals surface area contributed by atoms with Gasteiger partial charge in [-0.2, -0.15) is 0 Å². The van der Waals surface area contributed by atoms with Gasteiger partial charge >= 0.3 is 0 Å². The van der Waals surface area contributed by atoms with E-state index in [9.17, 15) is 0 Å². The van der Waals surface area contributed by atoms with Crippen LogP contribution in [0.5, 0.6) is 0 Å². The number of pyridine rings is 1. The third-order valence-corrected chi connectivity index (χ3v) is 2.98. The number of hydrogen-bond acceptors (Lipinski definition) is 5. The first-order valence-electron chi connectivity index (χ1n) is 6.05. The Hall–Kier alpha value is -2.01. The molecular formula is C13H15N5. The van der Waals surface area contributed by atoms with Crippen LogP contribution in [0.1, 0.15) is 17.4 Å². The van der Waals surface area contributed by atoms with Gasteiger partial charge in [0.05, 0.1) is 5.69 Å². The lowest BCUT2D eigenvalue weighted by Crippen LogP contribution is -2.40.